The van der Waals surface area contributed by atoms with E-state index in [1.807, 2.05) is 12.1 Å². The first-order valence-corrected chi connectivity index (χ1v) is 10.3. The molecule has 28 heavy (non-hydrogen) atoms. The quantitative estimate of drug-likeness (QED) is 0.275. The SMILES string of the molecule is CN(c1ccc(I)cc1)c1ccc(N(c2ccccc2)c2ccccc2)cc1. The molecule has 2 nitrogen and oxygen atoms in total. The van der Waals surface area contributed by atoms with Crippen LogP contribution >= 0.6 is 22.6 Å². The summed E-state index contributed by atoms with van der Waals surface area (Å²) in [6.45, 7) is 0. The van der Waals surface area contributed by atoms with Gasteiger partial charge in [0, 0.05) is 39.1 Å². The van der Waals surface area contributed by atoms with Crippen molar-refractivity contribution in [2.75, 3.05) is 16.8 Å². The largest absolute Gasteiger partial charge is 0.345 e. The summed E-state index contributed by atoms with van der Waals surface area (Å²) in [5.41, 5.74) is 5.76. The Kier molecular flexibility index (Phi) is 5.63. The lowest BCUT2D eigenvalue weighted by atomic mass is 10.1. The number of hydrogen-bond acceptors (Lipinski definition) is 2. The zero-order valence-corrected chi connectivity index (χ0v) is 17.8. The molecule has 0 aliphatic carbocycles. The Morgan fingerprint density at radius 1 is 0.464 bits per heavy atom. The number of hydrogen-bond donors (Lipinski definition) is 0. The Morgan fingerprint density at radius 3 is 1.29 bits per heavy atom. The topological polar surface area (TPSA) is 6.48 Å². The molecule has 0 aliphatic rings. The van der Waals surface area contributed by atoms with Crippen molar-refractivity contribution >= 4 is 51.0 Å². The van der Waals surface area contributed by atoms with Crippen molar-refractivity contribution in [2.45, 2.75) is 0 Å². The Morgan fingerprint density at radius 2 is 0.821 bits per heavy atom. The van der Waals surface area contributed by atoms with Gasteiger partial charge >= 0.3 is 0 Å². The van der Waals surface area contributed by atoms with Crippen LogP contribution in [0.5, 0.6) is 0 Å². The fraction of sp³-hybridized carbons (Fsp3) is 0.0400. The van der Waals surface area contributed by atoms with E-state index in [1.165, 1.54) is 9.26 Å². The van der Waals surface area contributed by atoms with Crippen LogP contribution in [-0.2, 0) is 0 Å². The van der Waals surface area contributed by atoms with Crippen LogP contribution in [0.25, 0.3) is 0 Å². The van der Waals surface area contributed by atoms with Gasteiger partial charge in [0.2, 0.25) is 0 Å². The molecule has 4 rings (SSSR count). The van der Waals surface area contributed by atoms with Crippen LogP contribution in [0.15, 0.2) is 109 Å². The second-order valence-corrected chi connectivity index (χ2v) is 7.80. The van der Waals surface area contributed by atoms with E-state index in [0.717, 1.165) is 22.7 Å². The summed E-state index contributed by atoms with van der Waals surface area (Å²) in [6.07, 6.45) is 0. The molecule has 0 radical (unpaired) electrons. The number of anilines is 5. The van der Waals surface area contributed by atoms with Crippen LogP contribution in [0, 0.1) is 3.57 Å². The van der Waals surface area contributed by atoms with Crippen molar-refractivity contribution in [3.63, 3.8) is 0 Å². The first-order chi connectivity index (χ1) is 13.7. The van der Waals surface area contributed by atoms with Crippen molar-refractivity contribution in [2.24, 2.45) is 0 Å². The summed E-state index contributed by atoms with van der Waals surface area (Å²) in [5, 5.41) is 0. The van der Waals surface area contributed by atoms with Gasteiger partial charge in [-0.15, -0.1) is 0 Å². The molecule has 0 spiro atoms. The average molecular weight is 476 g/mol. The monoisotopic (exact) mass is 476 g/mol. The van der Waals surface area contributed by atoms with Gasteiger partial charge in [-0.2, -0.15) is 0 Å². The third kappa shape index (κ3) is 4.04. The van der Waals surface area contributed by atoms with Crippen LogP contribution in [0.1, 0.15) is 0 Å². The highest BCUT2D eigenvalue weighted by Crippen LogP contribution is 2.35. The molecular formula is C25H21IN2. The van der Waals surface area contributed by atoms with E-state index in [-0.39, 0.29) is 0 Å². The fourth-order valence-corrected chi connectivity index (χ4v) is 3.60. The molecule has 0 aromatic heterocycles. The van der Waals surface area contributed by atoms with Gasteiger partial charge in [0.1, 0.15) is 0 Å². The van der Waals surface area contributed by atoms with E-state index in [0.29, 0.717) is 0 Å². The first-order valence-electron chi connectivity index (χ1n) is 9.22. The van der Waals surface area contributed by atoms with Crippen molar-refractivity contribution in [3.05, 3.63) is 113 Å². The molecule has 3 heteroatoms. The Bertz CT molecular complexity index is 974. The van der Waals surface area contributed by atoms with Crippen LogP contribution < -0.4 is 9.80 Å². The molecule has 0 aliphatic heterocycles. The van der Waals surface area contributed by atoms with Gasteiger partial charge in [-0.05, 0) is 95.4 Å². The number of rotatable bonds is 5. The maximum Gasteiger partial charge on any atom is 0.0463 e. The molecule has 0 atom stereocenters. The fourth-order valence-electron chi connectivity index (χ4n) is 3.24. The van der Waals surface area contributed by atoms with Crippen molar-refractivity contribution in [1.29, 1.82) is 0 Å². The van der Waals surface area contributed by atoms with E-state index < -0.39 is 0 Å². The molecule has 4 aromatic rings. The predicted octanol–water partition coefficient (Wildman–Crippen LogP) is 7.53. The van der Waals surface area contributed by atoms with E-state index >= 15 is 0 Å². The number of benzene rings is 4. The van der Waals surface area contributed by atoms with E-state index in [1.54, 1.807) is 0 Å². The van der Waals surface area contributed by atoms with Crippen molar-refractivity contribution in [3.8, 4) is 0 Å². The number of halogens is 1. The molecule has 0 saturated carbocycles. The van der Waals surface area contributed by atoms with E-state index in [9.17, 15) is 0 Å². The minimum atomic E-state index is 1.14. The lowest BCUT2D eigenvalue weighted by Gasteiger charge is -2.26. The molecule has 0 unspecified atom stereocenters. The first kappa shape index (κ1) is 18.6. The van der Waals surface area contributed by atoms with Crippen LogP contribution in [-0.4, -0.2) is 7.05 Å². The lowest BCUT2D eigenvalue weighted by molar-refractivity contribution is 1.20. The second-order valence-electron chi connectivity index (χ2n) is 6.56. The maximum absolute atomic E-state index is 2.33. The molecule has 0 heterocycles. The van der Waals surface area contributed by atoms with Gasteiger partial charge in [0.05, 0.1) is 0 Å². The van der Waals surface area contributed by atoms with Gasteiger partial charge in [-0.3, -0.25) is 0 Å². The van der Waals surface area contributed by atoms with Crippen LogP contribution in [0.3, 0.4) is 0 Å². The highest BCUT2D eigenvalue weighted by atomic mass is 127. The molecule has 4 aromatic carbocycles. The van der Waals surface area contributed by atoms with E-state index in [2.05, 4.69) is 137 Å². The Balaban J connectivity index is 1.68. The maximum atomic E-state index is 2.33. The van der Waals surface area contributed by atoms with Crippen molar-refractivity contribution in [1.82, 2.24) is 0 Å². The minimum absolute atomic E-state index is 1.14. The summed E-state index contributed by atoms with van der Waals surface area (Å²) in [7, 11) is 2.10. The third-order valence-electron chi connectivity index (χ3n) is 4.74. The zero-order valence-electron chi connectivity index (χ0n) is 15.7. The third-order valence-corrected chi connectivity index (χ3v) is 5.46. The molecular weight excluding hydrogens is 455 g/mol. The summed E-state index contributed by atoms with van der Waals surface area (Å²) < 4.78 is 1.24. The zero-order chi connectivity index (χ0) is 19.3. The van der Waals surface area contributed by atoms with Crippen LogP contribution in [0.4, 0.5) is 28.4 Å². The minimum Gasteiger partial charge on any atom is -0.345 e. The van der Waals surface area contributed by atoms with E-state index in [4.69, 9.17) is 0 Å². The summed E-state index contributed by atoms with van der Waals surface area (Å²) in [4.78, 5) is 4.48. The van der Waals surface area contributed by atoms with Gasteiger partial charge in [-0.25, -0.2) is 0 Å². The molecule has 0 saturated heterocycles. The molecule has 0 fully saturated rings. The van der Waals surface area contributed by atoms with Gasteiger partial charge in [0.15, 0.2) is 0 Å². The summed E-state index contributed by atoms with van der Waals surface area (Å²) in [5.74, 6) is 0. The smallest absolute Gasteiger partial charge is 0.0463 e. The molecule has 0 bridgehead atoms. The van der Waals surface area contributed by atoms with Crippen LogP contribution in [0.2, 0.25) is 0 Å². The standard InChI is InChI=1S/C25H21IN2/c1-27(21-14-12-20(26)13-15-21)22-16-18-25(19-17-22)28(23-8-4-2-5-9-23)24-10-6-3-7-11-24/h2-19H,1H3. The predicted molar refractivity (Wildman–Crippen MR) is 128 cm³/mol. The second kappa shape index (κ2) is 8.48. The lowest BCUT2D eigenvalue weighted by Crippen LogP contribution is -2.11. The van der Waals surface area contributed by atoms with Crippen molar-refractivity contribution < 1.29 is 0 Å². The highest BCUT2D eigenvalue weighted by molar-refractivity contribution is 14.1. The van der Waals surface area contributed by atoms with Gasteiger partial charge in [0.25, 0.3) is 0 Å². The van der Waals surface area contributed by atoms with Gasteiger partial charge in [-0.1, -0.05) is 36.4 Å². The highest BCUT2D eigenvalue weighted by Gasteiger charge is 2.12. The normalized spacial score (nSPS) is 10.5. The molecule has 0 N–H and O–H groups in total. The van der Waals surface area contributed by atoms with Gasteiger partial charge < -0.3 is 9.80 Å². The number of nitrogens with zero attached hydrogens (tertiary/aromatic N) is 2. The summed E-state index contributed by atoms with van der Waals surface area (Å²) in [6, 6.07) is 38.2. The molecule has 0 amide bonds. The molecule has 138 valence electrons. The number of para-hydroxylation sites is 2. The Hall–Kier alpha value is -2.79. The average Bonchev–Trinajstić information content (AvgIpc) is 2.76. The Labute approximate surface area is 180 Å². The summed E-state index contributed by atoms with van der Waals surface area (Å²) >= 11 is 2.33.